The monoisotopic (exact) mass is 391 g/mol. The summed E-state index contributed by atoms with van der Waals surface area (Å²) >= 11 is 0. The van der Waals surface area contributed by atoms with Crippen LogP contribution in [0.4, 0.5) is 4.79 Å². The van der Waals surface area contributed by atoms with Crippen LogP contribution < -0.4 is 11.0 Å². The quantitative estimate of drug-likeness (QED) is 0.682. The fraction of sp³-hybridized carbons (Fsp3) is 0.333. The van der Waals surface area contributed by atoms with E-state index in [4.69, 9.17) is 0 Å². The summed E-state index contributed by atoms with van der Waals surface area (Å²) in [6.45, 7) is 1.95. The number of fused-ring (bicyclic) bond motifs is 2. The number of pyridine rings is 1. The first-order valence-corrected chi connectivity index (χ1v) is 9.78. The van der Waals surface area contributed by atoms with E-state index in [1.165, 1.54) is 25.1 Å². The summed E-state index contributed by atoms with van der Waals surface area (Å²) in [5.41, 5.74) is 2.49. The molecule has 3 aromatic rings. The summed E-state index contributed by atoms with van der Waals surface area (Å²) in [5.74, 6) is -0.308. The zero-order chi connectivity index (χ0) is 20.2. The molecule has 3 heterocycles. The Hall–Kier alpha value is -3.42. The van der Waals surface area contributed by atoms with E-state index in [9.17, 15) is 14.4 Å². The minimum absolute atomic E-state index is 0.0784. The van der Waals surface area contributed by atoms with E-state index in [2.05, 4.69) is 16.5 Å². The minimum Gasteiger partial charge on any atom is -0.319 e. The number of carbonyl (C=O) groups is 2. The zero-order valence-electron chi connectivity index (χ0n) is 16.1. The van der Waals surface area contributed by atoms with E-state index < -0.39 is 11.6 Å². The van der Waals surface area contributed by atoms with E-state index in [1.807, 2.05) is 12.1 Å². The maximum Gasteiger partial charge on any atom is 0.350 e. The molecule has 1 saturated heterocycles. The molecule has 1 atom stereocenters. The molecule has 8 heteroatoms. The van der Waals surface area contributed by atoms with Gasteiger partial charge in [0.05, 0.1) is 13.1 Å². The van der Waals surface area contributed by atoms with Crippen molar-refractivity contribution < 1.29 is 9.59 Å². The molecular weight excluding hydrogens is 370 g/mol. The lowest BCUT2D eigenvalue weighted by Crippen LogP contribution is -2.41. The van der Waals surface area contributed by atoms with Crippen molar-refractivity contribution in [2.45, 2.75) is 38.3 Å². The van der Waals surface area contributed by atoms with E-state index in [0.29, 0.717) is 5.65 Å². The highest BCUT2D eigenvalue weighted by Gasteiger charge is 2.49. The second kappa shape index (κ2) is 6.30. The largest absolute Gasteiger partial charge is 0.350 e. The van der Waals surface area contributed by atoms with Crippen molar-refractivity contribution in [3.05, 3.63) is 69.8 Å². The SMILES string of the molecule is CC1(c2ccc3c(c2)CCC3)NC(=O)N(CCn2nc3ccccn3c2=O)C1=O. The van der Waals surface area contributed by atoms with Gasteiger partial charge in [0, 0.05) is 6.20 Å². The van der Waals surface area contributed by atoms with Crippen molar-refractivity contribution in [3.63, 3.8) is 0 Å². The van der Waals surface area contributed by atoms with Gasteiger partial charge in [0.2, 0.25) is 0 Å². The normalized spacial score (nSPS) is 21.1. The average Bonchev–Trinajstić information content (AvgIpc) is 3.37. The summed E-state index contributed by atoms with van der Waals surface area (Å²) < 4.78 is 2.71. The van der Waals surface area contributed by atoms with Gasteiger partial charge < -0.3 is 5.32 Å². The third-order valence-electron chi connectivity index (χ3n) is 5.97. The molecule has 5 rings (SSSR count). The van der Waals surface area contributed by atoms with Crippen molar-refractivity contribution in [1.82, 2.24) is 24.4 Å². The first-order chi connectivity index (χ1) is 14.0. The molecule has 29 heavy (non-hydrogen) atoms. The van der Waals surface area contributed by atoms with Crippen LogP contribution in [0.1, 0.15) is 30.0 Å². The van der Waals surface area contributed by atoms with Gasteiger partial charge in [0.25, 0.3) is 5.91 Å². The summed E-state index contributed by atoms with van der Waals surface area (Å²) in [7, 11) is 0. The number of hydrogen-bond acceptors (Lipinski definition) is 4. The Morgan fingerprint density at radius 1 is 1.07 bits per heavy atom. The average molecular weight is 391 g/mol. The molecule has 2 aromatic heterocycles. The molecule has 0 radical (unpaired) electrons. The first-order valence-electron chi connectivity index (χ1n) is 9.78. The Morgan fingerprint density at radius 3 is 2.72 bits per heavy atom. The molecule has 0 saturated carbocycles. The summed E-state index contributed by atoms with van der Waals surface area (Å²) in [5, 5.41) is 7.09. The fourth-order valence-corrected chi connectivity index (χ4v) is 4.29. The molecule has 3 amide bonds. The standard InChI is InChI=1S/C21H21N5O3/c1-21(16-9-8-14-5-4-6-15(14)13-16)18(27)25(19(28)22-21)11-12-26-20(29)24-10-3-2-7-17(24)23-26/h2-3,7-10,13H,4-6,11-12H2,1H3,(H,22,28). The molecule has 0 spiro atoms. The van der Waals surface area contributed by atoms with E-state index >= 15 is 0 Å². The van der Waals surface area contributed by atoms with Crippen molar-refractivity contribution in [3.8, 4) is 0 Å². The number of benzene rings is 1. The van der Waals surface area contributed by atoms with Gasteiger partial charge in [-0.25, -0.2) is 14.3 Å². The number of amides is 3. The minimum atomic E-state index is -1.10. The zero-order valence-corrected chi connectivity index (χ0v) is 16.1. The van der Waals surface area contributed by atoms with E-state index in [1.54, 1.807) is 31.3 Å². The fourth-order valence-electron chi connectivity index (χ4n) is 4.29. The number of carbonyl (C=O) groups excluding carboxylic acids is 2. The summed E-state index contributed by atoms with van der Waals surface area (Å²) in [4.78, 5) is 39.3. The molecular formula is C21H21N5O3. The number of imide groups is 1. The van der Waals surface area contributed by atoms with Crippen LogP contribution in [0.3, 0.4) is 0 Å². The van der Waals surface area contributed by atoms with Crippen LogP contribution >= 0.6 is 0 Å². The van der Waals surface area contributed by atoms with Crippen molar-refractivity contribution in [2.75, 3.05) is 6.54 Å². The molecule has 1 unspecified atom stereocenters. The Bertz CT molecular complexity index is 1210. The van der Waals surface area contributed by atoms with Crippen molar-refractivity contribution in [2.24, 2.45) is 0 Å². The molecule has 0 bridgehead atoms. The number of nitrogens with one attached hydrogen (secondary N) is 1. The van der Waals surface area contributed by atoms with Crippen LogP contribution in [-0.4, -0.2) is 37.6 Å². The van der Waals surface area contributed by atoms with Gasteiger partial charge in [0.15, 0.2) is 5.65 Å². The highest BCUT2D eigenvalue weighted by molar-refractivity contribution is 6.07. The number of aromatic nitrogens is 3. The number of urea groups is 1. The molecule has 2 aliphatic rings. The predicted octanol–water partition coefficient (Wildman–Crippen LogP) is 1.45. The van der Waals surface area contributed by atoms with Crippen LogP contribution in [0.2, 0.25) is 0 Å². The van der Waals surface area contributed by atoms with Crippen LogP contribution in [-0.2, 0) is 29.7 Å². The summed E-state index contributed by atoms with van der Waals surface area (Å²) in [6.07, 6.45) is 4.82. The lowest BCUT2D eigenvalue weighted by atomic mass is 9.90. The molecule has 1 aliphatic heterocycles. The molecule has 1 aromatic carbocycles. The molecule has 8 nitrogen and oxygen atoms in total. The Morgan fingerprint density at radius 2 is 1.90 bits per heavy atom. The maximum absolute atomic E-state index is 13.1. The Kier molecular flexibility index (Phi) is 3.84. The van der Waals surface area contributed by atoms with Gasteiger partial charge >= 0.3 is 11.7 Å². The second-order valence-electron chi connectivity index (χ2n) is 7.78. The van der Waals surface area contributed by atoms with Crippen LogP contribution in [0.25, 0.3) is 5.65 Å². The summed E-state index contributed by atoms with van der Waals surface area (Å²) in [6, 6.07) is 10.9. The third-order valence-corrected chi connectivity index (χ3v) is 5.97. The van der Waals surface area contributed by atoms with Gasteiger partial charge in [-0.2, -0.15) is 0 Å². The second-order valence-corrected chi connectivity index (χ2v) is 7.78. The van der Waals surface area contributed by atoms with Crippen LogP contribution in [0, 0.1) is 0 Å². The smallest absolute Gasteiger partial charge is 0.319 e. The molecule has 148 valence electrons. The number of aryl methyl sites for hydroxylation is 2. The highest BCUT2D eigenvalue weighted by atomic mass is 16.2. The first kappa shape index (κ1) is 17.7. The molecule has 1 fully saturated rings. The Balaban J connectivity index is 1.39. The number of nitrogens with zero attached hydrogens (tertiary/aromatic N) is 4. The lowest BCUT2D eigenvalue weighted by molar-refractivity contribution is -0.131. The number of rotatable bonds is 4. The molecule has 1 aliphatic carbocycles. The Labute approximate surface area is 166 Å². The third kappa shape index (κ3) is 2.66. The predicted molar refractivity (Wildman–Crippen MR) is 106 cm³/mol. The van der Waals surface area contributed by atoms with Gasteiger partial charge in [0.1, 0.15) is 5.54 Å². The highest BCUT2D eigenvalue weighted by Crippen LogP contribution is 2.32. The lowest BCUT2D eigenvalue weighted by Gasteiger charge is -2.23. The number of hydrogen-bond donors (Lipinski definition) is 1. The van der Waals surface area contributed by atoms with Crippen LogP contribution in [0.15, 0.2) is 47.4 Å². The van der Waals surface area contributed by atoms with E-state index in [-0.39, 0.29) is 24.7 Å². The van der Waals surface area contributed by atoms with Crippen molar-refractivity contribution >= 4 is 17.6 Å². The maximum atomic E-state index is 13.1. The van der Waals surface area contributed by atoms with Gasteiger partial charge in [-0.15, -0.1) is 5.10 Å². The van der Waals surface area contributed by atoms with Crippen molar-refractivity contribution in [1.29, 1.82) is 0 Å². The molecule has 1 N–H and O–H groups in total. The van der Waals surface area contributed by atoms with Gasteiger partial charge in [-0.1, -0.05) is 24.3 Å². The van der Waals surface area contributed by atoms with Gasteiger partial charge in [-0.3, -0.25) is 14.1 Å². The topological polar surface area (TPSA) is 88.7 Å². The van der Waals surface area contributed by atoms with Crippen LogP contribution in [0.5, 0.6) is 0 Å². The van der Waals surface area contributed by atoms with Gasteiger partial charge in [-0.05, 0) is 55.0 Å². The van der Waals surface area contributed by atoms with E-state index in [0.717, 1.165) is 24.8 Å².